The van der Waals surface area contributed by atoms with Gasteiger partial charge in [0.15, 0.2) is 5.82 Å². The highest BCUT2D eigenvalue weighted by Gasteiger charge is 2.22. The first kappa shape index (κ1) is 29.5. The minimum atomic E-state index is 0.691. The average molecular weight is 676 g/mol. The standard InChI is InChI=1S/C48H29N5/c1-2-14-30(15-3-1)44-38-22-8-11-23-40(38)51-48(52-44)37-21-7-4-16-31(37)32-17-9-12-24-41(32)53-42-25-13-10-18-33(42)36-26-27-39-43(47(36)53)34-19-5-6-20-35(34)45-46(39)50-29-28-49-45/h1-29H. The van der Waals surface area contributed by atoms with Crippen molar-refractivity contribution < 1.29 is 0 Å². The molecule has 0 fully saturated rings. The third kappa shape index (κ3) is 4.44. The first-order valence-electron chi connectivity index (χ1n) is 17.8. The van der Waals surface area contributed by atoms with Gasteiger partial charge < -0.3 is 4.57 Å². The molecule has 246 valence electrons. The lowest BCUT2D eigenvalue weighted by Crippen LogP contribution is -2.00. The zero-order valence-electron chi connectivity index (χ0n) is 28.5. The fourth-order valence-corrected chi connectivity index (χ4v) is 8.24. The van der Waals surface area contributed by atoms with Crippen molar-refractivity contribution in [1.82, 2.24) is 24.5 Å². The van der Waals surface area contributed by atoms with Gasteiger partial charge in [0.05, 0.1) is 39.0 Å². The second-order valence-electron chi connectivity index (χ2n) is 13.4. The first-order valence-corrected chi connectivity index (χ1v) is 17.8. The molecule has 0 aliphatic heterocycles. The van der Waals surface area contributed by atoms with Gasteiger partial charge in [-0.05, 0) is 29.1 Å². The number of rotatable bonds is 4. The lowest BCUT2D eigenvalue weighted by molar-refractivity contribution is 1.19. The van der Waals surface area contributed by atoms with E-state index in [0.717, 1.165) is 88.1 Å². The molecular weight excluding hydrogens is 647 g/mol. The predicted octanol–water partition coefficient (Wildman–Crippen LogP) is 12.0. The Morgan fingerprint density at radius 2 is 1.00 bits per heavy atom. The van der Waals surface area contributed by atoms with Crippen LogP contribution in [0.15, 0.2) is 176 Å². The summed E-state index contributed by atoms with van der Waals surface area (Å²) in [5.74, 6) is 0.691. The summed E-state index contributed by atoms with van der Waals surface area (Å²) in [6.07, 6.45) is 3.58. The van der Waals surface area contributed by atoms with Crippen molar-refractivity contribution in [3.05, 3.63) is 176 Å². The summed E-state index contributed by atoms with van der Waals surface area (Å²) in [7, 11) is 0. The van der Waals surface area contributed by atoms with Crippen molar-refractivity contribution in [1.29, 1.82) is 0 Å². The maximum Gasteiger partial charge on any atom is 0.161 e. The number of hydrogen-bond donors (Lipinski definition) is 0. The van der Waals surface area contributed by atoms with Crippen molar-refractivity contribution in [2.45, 2.75) is 0 Å². The second-order valence-corrected chi connectivity index (χ2v) is 13.4. The minimum absolute atomic E-state index is 0.691. The van der Waals surface area contributed by atoms with E-state index < -0.39 is 0 Å². The maximum absolute atomic E-state index is 5.29. The molecule has 0 N–H and O–H groups in total. The molecule has 0 aliphatic rings. The van der Waals surface area contributed by atoms with Crippen LogP contribution in [0, 0.1) is 0 Å². The van der Waals surface area contributed by atoms with Crippen LogP contribution >= 0.6 is 0 Å². The molecule has 5 nitrogen and oxygen atoms in total. The Hall–Kier alpha value is -7.24. The summed E-state index contributed by atoms with van der Waals surface area (Å²) in [5.41, 5.74) is 11.2. The van der Waals surface area contributed by atoms with E-state index in [9.17, 15) is 0 Å². The number of aromatic nitrogens is 5. The fraction of sp³-hybridized carbons (Fsp3) is 0. The summed E-state index contributed by atoms with van der Waals surface area (Å²) in [4.78, 5) is 20.2. The van der Waals surface area contributed by atoms with Gasteiger partial charge in [0.2, 0.25) is 0 Å². The number of hydrogen-bond acceptors (Lipinski definition) is 4. The predicted molar refractivity (Wildman–Crippen MR) is 218 cm³/mol. The molecule has 11 rings (SSSR count). The molecule has 3 aromatic heterocycles. The van der Waals surface area contributed by atoms with Gasteiger partial charge in [-0.3, -0.25) is 9.97 Å². The second kappa shape index (κ2) is 11.7. The summed E-state index contributed by atoms with van der Waals surface area (Å²) < 4.78 is 2.45. The lowest BCUT2D eigenvalue weighted by Gasteiger charge is -2.18. The molecular formula is C48H29N5. The smallest absolute Gasteiger partial charge is 0.161 e. The number of nitrogens with zero attached hydrogens (tertiary/aromatic N) is 5. The number of benzene rings is 8. The van der Waals surface area contributed by atoms with E-state index in [4.69, 9.17) is 19.9 Å². The van der Waals surface area contributed by atoms with E-state index in [-0.39, 0.29) is 0 Å². The van der Waals surface area contributed by atoms with Crippen LogP contribution in [0.4, 0.5) is 0 Å². The zero-order valence-corrected chi connectivity index (χ0v) is 28.5. The molecule has 8 aromatic carbocycles. The van der Waals surface area contributed by atoms with Gasteiger partial charge in [0.1, 0.15) is 0 Å². The molecule has 0 amide bonds. The first-order chi connectivity index (χ1) is 26.3. The Morgan fingerprint density at radius 3 is 1.83 bits per heavy atom. The molecule has 0 saturated carbocycles. The Bertz CT molecular complexity index is 3200. The van der Waals surface area contributed by atoms with Gasteiger partial charge in [0, 0.05) is 61.4 Å². The third-order valence-electron chi connectivity index (χ3n) is 10.5. The van der Waals surface area contributed by atoms with Gasteiger partial charge in [-0.15, -0.1) is 0 Å². The molecule has 3 heterocycles. The monoisotopic (exact) mass is 675 g/mol. The molecule has 0 radical (unpaired) electrons. The van der Waals surface area contributed by atoms with E-state index >= 15 is 0 Å². The quantitative estimate of drug-likeness (QED) is 0.174. The summed E-state index contributed by atoms with van der Waals surface area (Å²) >= 11 is 0. The SMILES string of the molecule is c1ccc(-c2nc(-c3ccccc3-c3ccccc3-n3c4ccccc4c4ccc5c6nccnc6c6ccccc6c5c43)nc3ccccc23)cc1. The molecule has 53 heavy (non-hydrogen) atoms. The fourth-order valence-electron chi connectivity index (χ4n) is 8.24. The van der Waals surface area contributed by atoms with Crippen molar-refractivity contribution in [2.24, 2.45) is 0 Å². The lowest BCUT2D eigenvalue weighted by atomic mass is 9.96. The van der Waals surface area contributed by atoms with E-state index in [0.29, 0.717) is 5.82 Å². The van der Waals surface area contributed by atoms with Crippen LogP contribution in [0.1, 0.15) is 0 Å². The Morgan fingerprint density at radius 1 is 0.396 bits per heavy atom. The van der Waals surface area contributed by atoms with Gasteiger partial charge in [0.25, 0.3) is 0 Å². The van der Waals surface area contributed by atoms with Gasteiger partial charge in [-0.25, -0.2) is 9.97 Å². The van der Waals surface area contributed by atoms with E-state index in [2.05, 4.69) is 156 Å². The van der Waals surface area contributed by atoms with E-state index in [1.165, 1.54) is 10.8 Å². The molecule has 0 spiro atoms. The number of fused-ring (bicyclic) bond motifs is 11. The maximum atomic E-state index is 5.29. The highest BCUT2D eigenvalue weighted by molar-refractivity contribution is 6.32. The van der Waals surface area contributed by atoms with E-state index in [1.807, 2.05) is 12.1 Å². The molecule has 0 saturated heterocycles. The highest BCUT2D eigenvalue weighted by Crippen LogP contribution is 2.44. The summed E-state index contributed by atoms with van der Waals surface area (Å²) in [5, 5.41) is 7.91. The van der Waals surface area contributed by atoms with Crippen LogP contribution in [0.2, 0.25) is 0 Å². The van der Waals surface area contributed by atoms with Crippen LogP contribution in [-0.4, -0.2) is 24.5 Å². The largest absolute Gasteiger partial charge is 0.308 e. The van der Waals surface area contributed by atoms with Crippen LogP contribution in [0.5, 0.6) is 0 Å². The van der Waals surface area contributed by atoms with Crippen molar-refractivity contribution in [2.75, 3.05) is 0 Å². The van der Waals surface area contributed by atoms with Crippen molar-refractivity contribution >= 4 is 65.3 Å². The molecule has 0 unspecified atom stereocenters. The van der Waals surface area contributed by atoms with Crippen LogP contribution < -0.4 is 0 Å². The van der Waals surface area contributed by atoms with Crippen molar-refractivity contribution in [3.63, 3.8) is 0 Å². The highest BCUT2D eigenvalue weighted by atomic mass is 15.0. The van der Waals surface area contributed by atoms with Crippen molar-refractivity contribution in [3.8, 4) is 39.5 Å². The molecule has 0 atom stereocenters. The Balaban J connectivity index is 1.24. The zero-order chi connectivity index (χ0) is 34.9. The van der Waals surface area contributed by atoms with Gasteiger partial charge in [-0.1, -0.05) is 146 Å². The average Bonchev–Trinajstić information content (AvgIpc) is 3.58. The van der Waals surface area contributed by atoms with E-state index in [1.54, 1.807) is 12.4 Å². The molecule has 0 aliphatic carbocycles. The van der Waals surface area contributed by atoms with Crippen LogP contribution in [0.3, 0.4) is 0 Å². The Kier molecular flexibility index (Phi) is 6.48. The minimum Gasteiger partial charge on any atom is -0.308 e. The topological polar surface area (TPSA) is 56.5 Å². The Labute approximate surface area is 304 Å². The molecule has 5 heteroatoms. The van der Waals surface area contributed by atoms with Crippen LogP contribution in [-0.2, 0) is 0 Å². The summed E-state index contributed by atoms with van der Waals surface area (Å²) in [6, 6.07) is 57.7. The normalized spacial score (nSPS) is 11.8. The third-order valence-corrected chi connectivity index (χ3v) is 10.5. The van der Waals surface area contributed by atoms with Gasteiger partial charge >= 0.3 is 0 Å². The molecule has 11 aromatic rings. The summed E-state index contributed by atoms with van der Waals surface area (Å²) in [6.45, 7) is 0. The molecule has 0 bridgehead atoms. The number of para-hydroxylation sites is 3. The van der Waals surface area contributed by atoms with Crippen LogP contribution in [0.25, 0.3) is 105 Å². The van der Waals surface area contributed by atoms with Gasteiger partial charge in [-0.2, -0.15) is 0 Å².